The molecule has 134 valence electrons. The van der Waals surface area contributed by atoms with E-state index in [1.807, 2.05) is 29.2 Å². The Bertz CT molecular complexity index is 594. The lowest BCUT2D eigenvalue weighted by atomic mass is 9.89. The highest BCUT2D eigenvalue weighted by molar-refractivity contribution is 7.80. The Balaban J connectivity index is 1.56. The normalized spacial score (nSPS) is 22.7. The third-order valence-electron chi connectivity index (χ3n) is 6.27. The van der Waals surface area contributed by atoms with Crippen molar-refractivity contribution in [2.75, 3.05) is 6.67 Å². The van der Waals surface area contributed by atoms with Crippen molar-refractivity contribution in [2.45, 2.75) is 76.3 Å². The van der Waals surface area contributed by atoms with Crippen LogP contribution in [0.25, 0.3) is 0 Å². The van der Waals surface area contributed by atoms with Crippen molar-refractivity contribution < 1.29 is 4.79 Å². The van der Waals surface area contributed by atoms with Gasteiger partial charge in [-0.3, -0.25) is 14.6 Å². The molecule has 0 radical (unpaired) electrons. The van der Waals surface area contributed by atoms with Crippen molar-refractivity contribution in [3.63, 3.8) is 0 Å². The van der Waals surface area contributed by atoms with Crippen molar-refractivity contribution in [3.8, 4) is 0 Å². The zero-order chi connectivity index (χ0) is 17.2. The molecule has 3 aliphatic rings. The van der Waals surface area contributed by atoms with Crippen LogP contribution in [0.3, 0.4) is 0 Å². The molecule has 0 N–H and O–H groups in total. The lowest BCUT2D eigenvalue weighted by molar-refractivity contribution is 0.0406. The maximum absolute atomic E-state index is 12.9. The Morgan fingerprint density at radius 2 is 1.40 bits per heavy atom. The SMILES string of the molecule is O=C1c2ccccc2C(=S)N1CN(C1CCCCC1)C1CCCCC1. The van der Waals surface area contributed by atoms with E-state index in [9.17, 15) is 4.79 Å². The van der Waals surface area contributed by atoms with E-state index in [1.165, 1.54) is 64.2 Å². The second-order valence-corrected chi connectivity index (χ2v) is 8.21. The molecular weight excluding hydrogens is 328 g/mol. The largest absolute Gasteiger partial charge is 0.285 e. The van der Waals surface area contributed by atoms with Gasteiger partial charge in [0, 0.05) is 17.6 Å². The molecule has 4 rings (SSSR count). The first-order valence-electron chi connectivity index (χ1n) is 9.96. The van der Waals surface area contributed by atoms with E-state index in [2.05, 4.69) is 4.90 Å². The number of rotatable bonds is 4. The van der Waals surface area contributed by atoms with E-state index >= 15 is 0 Å². The van der Waals surface area contributed by atoms with Gasteiger partial charge in [-0.1, -0.05) is 68.9 Å². The fourth-order valence-electron chi connectivity index (χ4n) is 4.89. The minimum Gasteiger partial charge on any atom is -0.285 e. The van der Waals surface area contributed by atoms with E-state index in [0.717, 1.165) is 16.1 Å². The molecule has 2 saturated carbocycles. The molecule has 4 heteroatoms. The summed E-state index contributed by atoms with van der Waals surface area (Å²) in [6.45, 7) is 0.682. The van der Waals surface area contributed by atoms with Crippen LogP contribution in [0.5, 0.6) is 0 Å². The lowest BCUT2D eigenvalue weighted by Crippen LogP contribution is -2.51. The molecule has 1 aliphatic heterocycles. The third-order valence-corrected chi connectivity index (χ3v) is 6.71. The van der Waals surface area contributed by atoms with Crippen LogP contribution in [0.2, 0.25) is 0 Å². The highest BCUT2D eigenvalue weighted by Gasteiger charge is 2.37. The van der Waals surface area contributed by atoms with Gasteiger partial charge >= 0.3 is 0 Å². The maximum atomic E-state index is 12.9. The number of fused-ring (bicyclic) bond motifs is 1. The molecule has 0 spiro atoms. The van der Waals surface area contributed by atoms with Crippen molar-refractivity contribution >= 4 is 23.1 Å². The van der Waals surface area contributed by atoms with Crippen LogP contribution in [-0.4, -0.2) is 39.4 Å². The summed E-state index contributed by atoms with van der Waals surface area (Å²) in [5, 5.41) is 0. The first kappa shape index (κ1) is 17.2. The molecule has 0 aromatic heterocycles. The lowest BCUT2D eigenvalue weighted by Gasteiger charge is -2.43. The van der Waals surface area contributed by atoms with Crippen molar-refractivity contribution in [3.05, 3.63) is 35.4 Å². The molecule has 2 aliphatic carbocycles. The summed E-state index contributed by atoms with van der Waals surface area (Å²) < 4.78 is 0. The predicted octanol–water partition coefficient (Wildman–Crippen LogP) is 4.74. The Hall–Kier alpha value is -1.26. The monoisotopic (exact) mass is 356 g/mol. The second-order valence-electron chi connectivity index (χ2n) is 7.82. The first-order valence-corrected chi connectivity index (χ1v) is 10.4. The van der Waals surface area contributed by atoms with Crippen LogP contribution in [0.15, 0.2) is 24.3 Å². The Kier molecular flexibility index (Phi) is 5.18. The summed E-state index contributed by atoms with van der Waals surface area (Å²) in [6.07, 6.45) is 13.1. The zero-order valence-corrected chi connectivity index (χ0v) is 15.8. The minimum absolute atomic E-state index is 0.0946. The highest BCUT2D eigenvalue weighted by Crippen LogP contribution is 2.32. The molecule has 25 heavy (non-hydrogen) atoms. The number of carbonyl (C=O) groups is 1. The number of amides is 1. The summed E-state index contributed by atoms with van der Waals surface area (Å²) in [5.74, 6) is 0.0946. The molecule has 0 bridgehead atoms. The molecule has 1 aromatic rings. The molecule has 2 fully saturated rings. The van der Waals surface area contributed by atoms with E-state index in [4.69, 9.17) is 12.2 Å². The summed E-state index contributed by atoms with van der Waals surface area (Å²) in [4.78, 5) is 18.2. The number of nitrogens with zero attached hydrogens (tertiary/aromatic N) is 2. The first-order chi connectivity index (χ1) is 12.3. The van der Waals surface area contributed by atoms with E-state index in [0.29, 0.717) is 18.8 Å². The van der Waals surface area contributed by atoms with Gasteiger partial charge in [0.1, 0.15) is 4.99 Å². The van der Waals surface area contributed by atoms with Gasteiger partial charge in [0.15, 0.2) is 0 Å². The number of benzene rings is 1. The fourth-order valence-corrected chi connectivity index (χ4v) is 5.20. The van der Waals surface area contributed by atoms with Gasteiger partial charge in [-0.2, -0.15) is 0 Å². The van der Waals surface area contributed by atoms with Crippen LogP contribution in [0.4, 0.5) is 0 Å². The Labute approximate surface area is 156 Å². The van der Waals surface area contributed by atoms with E-state index < -0.39 is 0 Å². The number of hydrogen-bond donors (Lipinski definition) is 0. The standard InChI is InChI=1S/C21H28N2OS/c24-20-18-13-7-8-14-19(18)21(25)23(20)15-22(16-9-3-1-4-10-16)17-11-5-2-6-12-17/h7-8,13-14,16-17H,1-6,9-12,15H2. The van der Waals surface area contributed by atoms with Crippen molar-refractivity contribution in [2.24, 2.45) is 0 Å². The molecule has 0 unspecified atom stereocenters. The van der Waals surface area contributed by atoms with Gasteiger partial charge in [-0.05, 0) is 31.7 Å². The molecule has 1 aromatic carbocycles. The van der Waals surface area contributed by atoms with Crippen molar-refractivity contribution in [1.82, 2.24) is 9.80 Å². The average molecular weight is 357 g/mol. The summed E-state index contributed by atoms with van der Waals surface area (Å²) >= 11 is 5.67. The predicted molar refractivity (Wildman–Crippen MR) is 105 cm³/mol. The van der Waals surface area contributed by atoms with Gasteiger partial charge in [0.2, 0.25) is 0 Å². The van der Waals surface area contributed by atoms with Crippen LogP contribution in [0.1, 0.15) is 80.1 Å². The summed E-state index contributed by atoms with van der Waals surface area (Å²) in [7, 11) is 0. The number of hydrogen-bond acceptors (Lipinski definition) is 3. The molecule has 1 heterocycles. The minimum atomic E-state index is 0.0946. The molecule has 0 atom stereocenters. The molecule has 1 amide bonds. The fraction of sp³-hybridized carbons (Fsp3) is 0.619. The van der Waals surface area contributed by atoms with Crippen LogP contribution < -0.4 is 0 Å². The van der Waals surface area contributed by atoms with Crippen LogP contribution in [0, 0.1) is 0 Å². The Morgan fingerprint density at radius 3 is 1.92 bits per heavy atom. The maximum Gasteiger partial charge on any atom is 0.260 e. The Morgan fingerprint density at radius 1 is 0.880 bits per heavy atom. The second kappa shape index (κ2) is 7.55. The van der Waals surface area contributed by atoms with E-state index in [1.54, 1.807) is 0 Å². The van der Waals surface area contributed by atoms with Gasteiger partial charge < -0.3 is 0 Å². The topological polar surface area (TPSA) is 23.6 Å². The summed E-state index contributed by atoms with van der Waals surface area (Å²) in [5.41, 5.74) is 1.72. The third kappa shape index (κ3) is 3.39. The molecular formula is C21H28N2OS. The van der Waals surface area contributed by atoms with Crippen molar-refractivity contribution in [1.29, 1.82) is 0 Å². The van der Waals surface area contributed by atoms with Gasteiger partial charge in [-0.15, -0.1) is 0 Å². The molecule has 0 saturated heterocycles. The van der Waals surface area contributed by atoms with Gasteiger partial charge in [-0.25, -0.2) is 0 Å². The van der Waals surface area contributed by atoms with E-state index in [-0.39, 0.29) is 5.91 Å². The van der Waals surface area contributed by atoms with Crippen LogP contribution >= 0.6 is 12.2 Å². The summed E-state index contributed by atoms with van der Waals surface area (Å²) in [6, 6.07) is 9.05. The zero-order valence-electron chi connectivity index (χ0n) is 15.0. The number of carbonyl (C=O) groups excluding carboxylic acids is 1. The van der Waals surface area contributed by atoms with Gasteiger partial charge in [0.05, 0.1) is 12.2 Å². The van der Waals surface area contributed by atoms with Gasteiger partial charge in [0.25, 0.3) is 5.91 Å². The van der Waals surface area contributed by atoms with Crippen LogP contribution in [-0.2, 0) is 0 Å². The molecule has 3 nitrogen and oxygen atoms in total. The number of thiocarbonyl (C=S) groups is 1. The average Bonchev–Trinajstić information content (AvgIpc) is 2.92. The quantitative estimate of drug-likeness (QED) is 0.728. The highest BCUT2D eigenvalue weighted by atomic mass is 32.1. The smallest absolute Gasteiger partial charge is 0.260 e.